The molecule has 2 aliphatic rings. The van der Waals surface area contributed by atoms with Gasteiger partial charge in [-0.3, -0.25) is 0 Å². The third-order valence-corrected chi connectivity index (χ3v) is 3.62. The molecule has 0 aromatic heterocycles. The predicted molar refractivity (Wildman–Crippen MR) is 81.4 cm³/mol. The number of carbonyl (C=O) groups is 1. The highest BCUT2D eigenvalue weighted by Crippen LogP contribution is 2.27. The zero-order chi connectivity index (χ0) is 15.2. The van der Waals surface area contributed by atoms with E-state index in [9.17, 15) is 4.79 Å². The van der Waals surface area contributed by atoms with Gasteiger partial charge < -0.3 is 14.2 Å². The van der Waals surface area contributed by atoms with Crippen LogP contribution in [-0.4, -0.2) is 43.4 Å². The highest BCUT2D eigenvalue weighted by molar-refractivity contribution is 6.22. The molecule has 1 aliphatic carbocycles. The van der Waals surface area contributed by atoms with E-state index in [4.69, 9.17) is 25.8 Å². The van der Waals surface area contributed by atoms with Crippen LogP contribution in [0.1, 0.15) is 20.3 Å². The fourth-order valence-corrected chi connectivity index (χ4v) is 2.35. The second kappa shape index (κ2) is 7.78. The Bertz CT molecular complexity index is 463. The number of rotatable bonds is 7. The Morgan fingerprint density at radius 2 is 2.38 bits per heavy atom. The fraction of sp³-hybridized carbons (Fsp3) is 0.562. The monoisotopic (exact) mass is 312 g/mol. The second-order valence-corrected chi connectivity index (χ2v) is 5.61. The highest BCUT2D eigenvalue weighted by atomic mass is 35.5. The standard InChI is InChI=1S/C16H21ClO4/c1-3-19-16(18)7-4-12-8-13(17)5-6-15(12)11(2)20-9-14-10-21-14/h4,6-8,11,13-14H,3,5,9-10H2,1-2H3/b7-4+. The van der Waals surface area contributed by atoms with Crippen LogP contribution in [0, 0.1) is 0 Å². The summed E-state index contributed by atoms with van der Waals surface area (Å²) in [6.07, 6.45) is 8.12. The van der Waals surface area contributed by atoms with Gasteiger partial charge in [0.15, 0.2) is 0 Å². The van der Waals surface area contributed by atoms with Crippen molar-refractivity contribution in [2.24, 2.45) is 0 Å². The number of halogens is 1. The van der Waals surface area contributed by atoms with Crippen LogP contribution in [0.2, 0.25) is 0 Å². The Kier molecular flexibility index (Phi) is 6.03. The Labute approximate surface area is 130 Å². The van der Waals surface area contributed by atoms with Crippen molar-refractivity contribution in [2.45, 2.75) is 37.9 Å². The summed E-state index contributed by atoms with van der Waals surface area (Å²) in [6, 6.07) is 0. The van der Waals surface area contributed by atoms with Gasteiger partial charge in [0.2, 0.25) is 0 Å². The third-order valence-electron chi connectivity index (χ3n) is 3.31. The van der Waals surface area contributed by atoms with Gasteiger partial charge in [0.05, 0.1) is 31.3 Å². The number of hydrogen-bond acceptors (Lipinski definition) is 4. The van der Waals surface area contributed by atoms with Gasteiger partial charge in [-0.05, 0) is 37.5 Å². The van der Waals surface area contributed by atoms with Gasteiger partial charge >= 0.3 is 5.97 Å². The van der Waals surface area contributed by atoms with Crippen molar-refractivity contribution in [1.82, 2.24) is 0 Å². The summed E-state index contributed by atoms with van der Waals surface area (Å²) in [5, 5.41) is -0.0606. The Hall–Kier alpha value is -1.10. The maximum atomic E-state index is 11.4. The van der Waals surface area contributed by atoms with E-state index in [2.05, 4.69) is 6.08 Å². The van der Waals surface area contributed by atoms with Crippen molar-refractivity contribution in [1.29, 1.82) is 0 Å². The molecule has 0 aromatic rings. The minimum absolute atomic E-state index is 0.0588. The molecule has 5 heteroatoms. The van der Waals surface area contributed by atoms with Gasteiger partial charge in [-0.2, -0.15) is 0 Å². The molecule has 0 bridgehead atoms. The van der Waals surface area contributed by atoms with Crippen LogP contribution in [0.5, 0.6) is 0 Å². The molecule has 116 valence electrons. The smallest absolute Gasteiger partial charge is 0.330 e. The van der Waals surface area contributed by atoms with Gasteiger partial charge in [-0.1, -0.05) is 12.2 Å². The van der Waals surface area contributed by atoms with Crippen molar-refractivity contribution in [3.8, 4) is 0 Å². The molecule has 4 nitrogen and oxygen atoms in total. The molecule has 3 unspecified atom stereocenters. The van der Waals surface area contributed by atoms with E-state index >= 15 is 0 Å². The third kappa shape index (κ3) is 5.30. The largest absolute Gasteiger partial charge is 0.463 e. The normalized spacial score (nSPS) is 26.2. The first-order chi connectivity index (χ1) is 10.1. The summed E-state index contributed by atoms with van der Waals surface area (Å²) in [6.45, 7) is 5.51. The first-order valence-electron chi connectivity index (χ1n) is 7.24. The molecule has 0 N–H and O–H groups in total. The number of carbonyl (C=O) groups excluding carboxylic acids is 1. The van der Waals surface area contributed by atoms with Crippen molar-refractivity contribution in [3.63, 3.8) is 0 Å². The molecule has 1 aliphatic heterocycles. The van der Waals surface area contributed by atoms with Crippen molar-refractivity contribution >= 4 is 17.6 Å². The highest BCUT2D eigenvalue weighted by Gasteiger charge is 2.25. The molecular weight excluding hydrogens is 292 g/mol. The number of esters is 1. The van der Waals surface area contributed by atoms with Crippen molar-refractivity contribution in [2.75, 3.05) is 19.8 Å². The number of ether oxygens (including phenoxy) is 3. The lowest BCUT2D eigenvalue weighted by atomic mass is 9.93. The summed E-state index contributed by atoms with van der Waals surface area (Å²) in [5.74, 6) is -0.352. The van der Waals surface area contributed by atoms with Gasteiger partial charge in [-0.15, -0.1) is 11.6 Å². The minimum Gasteiger partial charge on any atom is -0.463 e. The van der Waals surface area contributed by atoms with Crippen molar-refractivity contribution in [3.05, 3.63) is 35.5 Å². The van der Waals surface area contributed by atoms with E-state index in [1.807, 2.05) is 13.0 Å². The molecule has 0 aromatic carbocycles. The van der Waals surface area contributed by atoms with Gasteiger partial charge in [0.1, 0.15) is 6.10 Å². The average molecular weight is 313 g/mol. The predicted octanol–water partition coefficient (Wildman–Crippen LogP) is 2.77. The zero-order valence-electron chi connectivity index (χ0n) is 12.4. The first kappa shape index (κ1) is 16.3. The van der Waals surface area contributed by atoms with E-state index in [0.717, 1.165) is 24.2 Å². The molecular formula is C16H21ClO4. The Morgan fingerprint density at radius 1 is 1.62 bits per heavy atom. The number of epoxide rings is 1. The second-order valence-electron chi connectivity index (χ2n) is 5.05. The molecule has 0 saturated carbocycles. The first-order valence-corrected chi connectivity index (χ1v) is 7.68. The molecule has 0 radical (unpaired) electrons. The lowest BCUT2D eigenvalue weighted by molar-refractivity contribution is -0.137. The topological polar surface area (TPSA) is 48.1 Å². The van der Waals surface area contributed by atoms with Crippen LogP contribution >= 0.6 is 11.6 Å². The van der Waals surface area contributed by atoms with Crippen LogP contribution in [0.15, 0.2) is 35.5 Å². The van der Waals surface area contributed by atoms with Crippen LogP contribution in [0.3, 0.4) is 0 Å². The van der Waals surface area contributed by atoms with Crippen LogP contribution in [-0.2, 0) is 19.0 Å². The quantitative estimate of drug-likeness (QED) is 0.314. The van der Waals surface area contributed by atoms with E-state index in [-0.39, 0.29) is 23.6 Å². The number of alkyl halides is 1. The number of allylic oxidation sites excluding steroid dienone is 3. The zero-order valence-corrected chi connectivity index (χ0v) is 13.1. The summed E-state index contributed by atoms with van der Waals surface area (Å²) in [5.41, 5.74) is 1.96. The van der Waals surface area contributed by atoms with E-state index in [1.54, 1.807) is 13.0 Å². The maximum Gasteiger partial charge on any atom is 0.330 e. The van der Waals surface area contributed by atoms with Crippen LogP contribution in [0.25, 0.3) is 0 Å². The average Bonchev–Trinajstić information content (AvgIpc) is 3.27. The van der Waals surface area contributed by atoms with Gasteiger partial charge in [0.25, 0.3) is 0 Å². The summed E-state index contributed by atoms with van der Waals surface area (Å²) in [7, 11) is 0. The summed E-state index contributed by atoms with van der Waals surface area (Å²) < 4.78 is 15.8. The Balaban J connectivity index is 1.99. The maximum absolute atomic E-state index is 11.4. The lowest BCUT2D eigenvalue weighted by Crippen LogP contribution is -2.19. The molecule has 0 spiro atoms. The molecule has 3 atom stereocenters. The molecule has 1 saturated heterocycles. The SMILES string of the molecule is CCOC(=O)/C=C/C1=CC(Cl)CC=C1C(C)OCC1CO1. The number of hydrogen-bond donors (Lipinski definition) is 0. The van der Waals surface area contributed by atoms with Crippen LogP contribution < -0.4 is 0 Å². The van der Waals surface area contributed by atoms with Crippen molar-refractivity contribution < 1.29 is 19.0 Å². The molecule has 1 fully saturated rings. The fourth-order valence-electron chi connectivity index (χ4n) is 2.12. The summed E-state index contributed by atoms with van der Waals surface area (Å²) in [4.78, 5) is 11.4. The van der Waals surface area contributed by atoms with Gasteiger partial charge in [0, 0.05) is 6.08 Å². The molecule has 2 rings (SSSR count). The summed E-state index contributed by atoms with van der Waals surface area (Å²) >= 11 is 6.16. The van der Waals surface area contributed by atoms with E-state index in [0.29, 0.717) is 13.2 Å². The Morgan fingerprint density at radius 3 is 3.05 bits per heavy atom. The molecule has 21 heavy (non-hydrogen) atoms. The minimum atomic E-state index is -0.352. The van der Waals surface area contributed by atoms with Gasteiger partial charge in [-0.25, -0.2) is 4.79 Å². The molecule has 1 heterocycles. The molecule has 0 amide bonds. The van der Waals surface area contributed by atoms with E-state index < -0.39 is 0 Å². The lowest BCUT2D eigenvalue weighted by Gasteiger charge is -2.22. The van der Waals surface area contributed by atoms with E-state index in [1.165, 1.54) is 6.08 Å². The van der Waals surface area contributed by atoms with Crippen LogP contribution in [0.4, 0.5) is 0 Å².